The summed E-state index contributed by atoms with van der Waals surface area (Å²) < 4.78 is 39.0. The van der Waals surface area contributed by atoms with Crippen molar-refractivity contribution in [1.29, 1.82) is 0 Å². The highest BCUT2D eigenvalue weighted by atomic mass is 32.1. The van der Waals surface area contributed by atoms with Gasteiger partial charge in [0.2, 0.25) is 0 Å². The molecule has 2 aromatic carbocycles. The third-order valence-electron chi connectivity index (χ3n) is 4.89. The van der Waals surface area contributed by atoms with Crippen molar-refractivity contribution in [3.05, 3.63) is 70.7 Å². The number of fused-ring (bicyclic) bond motifs is 1. The molecule has 0 saturated heterocycles. The number of hydrogen-bond donors (Lipinski definition) is 2. The molecule has 0 aliphatic heterocycles. The first kappa shape index (κ1) is 21.8. The molecule has 2 heterocycles. The molecule has 0 fully saturated rings. The minimum Gasteiger partial charge on any atom is -0.478 e. The Kier molecular flexibility index (Phi) is 5.60. The number of hydrogen-bond acceptors (Lipinski definition) is 5. The Hall–Kier alpha value is -3.46. The second-order valence-corrected chi connectivity index (χ2v) is 8.49. The topological polar surface area (TPSA) is 75.1 Å². The summed E-state index contributed by atoms with van der Waals surface area (Å²) in [6.45, 7) is 4.04. The molecular formula is C23H18F3N3O2S. The lowest BCUT2D eigenvalue weighted by Gasteiger charge is -2.10. The zero-order valence-electron chi connectivity index (χ0n) is 17.1. The molecule has 0 spiro atoms. The molecule has 32 heavy (non-hydrogen) atoms. The molecule has 0 radical (unpaired) electrons. The second kappa shape index (κ2) is 8.23. The SMILES string of the molecule is CC(C)c1sc(Nc2ncc(C(F)(F)F)cc2C(=O)O)nc1-c1cccc2ccccc12. The van der Waals surface area contributed by atoms with Crippen LogP contribution in [-0.4, -0.2) is 21.0 Å². The van der Waals surface area contributed by atoms with Gasteiger partial charge in [-0.15, -0.1) is 11.3 Å². The van der Waals surface area contributed by atoms with Gasteiger partial charge in [0.25, 0.3) is 0 Å². The van der Waals surface area contributed by atoms with Crippen molar-refractivity contribution in [3.8, 4) is 11.3 Å². The summed E-state index contributed by atoms with van der Waals surface area (Å²) in [4.78, 5) is 20.9. The summed E-state index contributed by atoms with van der Waals surface area (Å²) in [7, 11) is 0. The first-order valence-corrected chi connectivity index (χ1v) is 10.5. The largest absolute Gasteiger partial charge is 0.478 e. The average molecular weight is 457 g/mol. The number of carboxylic acid groups (broad SMARTS) is 1. The van der Waals surface area contributed by atoms with Crippen molar-refractivity contribution in [3.63, 3.8) is 0 Å². The molecule has 0 aliphatic carbocycles. The van der Waals surface area contributed by atoms with Crippen LogP contribution in [0.4, 0.5) is 24.1 Å². The van der Waals surface area contributed by atoms with E-state index in [1.165, 1.54) is 11.3 Å². The van der Waals surface area contributed by atoms with E-state index in [0.29, 0.717) is 17.4 Å². The van der Waals surface area contributed by atoms with Gasteiger partial charge in [0, 0.05) is 16.6 Å². The number of aromatic carboxylic acids is 1. The quantitative estimate of drug-likeness (QED) is 0.339. The average Bonchev–Trinajstić information content (AvgIpc) is 3.16. The lowest BCUT2D eigenvalue weighted by atomic mass is 9.99. The van der Waals surface area contributed by atoms with Crippen LogP contribution >= 0.6 is 11.3 Å². The molecule has 0 aliphatic rings. The molecule has 4 rings (SSSR count). The maximum Gasteiger partial charge on any atom is 0.417 e. The van der Waals surface area contributed by atoms with E-state index in [9.17, 15) is 23.1 Å². The molecule has 0 atom stereocenters. The minimum atomic E-state index is -4.69. The van der Waals surface area contributed by atoms with Crippen LogP contribution in [0.3, 0.4) is 0 Å². The summed E-state index contributed by atoms with van der Waals surface area (Å²) in [5.74, 6) is -1.59. The Labute approximate surface area is 185 Å². The fraction of sp³-hybridized carbons (Fsp3) is 0.174. The molecule has 0 bridgehead atoms. The normalized spacial score (nSPS) is 11.8. The van der Waals surface area contributed by atoms with Gasteiger partial charge in [-0.3, -0.25) is 0 Å². The predicted octanol–water partition coefficient (Wildman–Crippen LogP) is 6.94. The van der Waals surface area contributed by atoms with Crippen LogP contribution in [0.1, 0.15) is 40.6 Å². The molecule has 4 aromatic rings. The summed E-state index contributed by atoms with van der Waals surface area (Å²) in [5, 5.41) is 14.7. The van der Waals surface area contributed by atoms with E-state index in [1.807, 2.05) is 56.3 Å². The van der Waals surface area contributed by atoms with E-state index in [0.717, 1.165) is 26.9 Å². The predicted molar refractivity (Wildman–Crippen MR) is 119 cm³/mol. The Morgan fingerprint density at radius 2 is 1.84 bits per heavy atom. The Morgan fingerprint density at radius 3 is 2.53 bits per heavy atom. The fourth-order valence-corrected chi connectivity index (χ4v) is 4.37. The van der Waals surface area contributed by atoms with Crippen LogP contribution < -0.4 is 5.32 Å². The number of alkyl halides is 3. The van der Waals surface area contributed by atoms with Crippen LogP contribution in [0.25, 0.3) is 22.0 Å². The van der Waals surface area contributed by atoms with Crippen molar-refractivity contribution in [2.24, 2.45) is 0 Å². The number of thiazole rings is 1. The van der Waals surface area contributed by atoms with Gasteiger partial charge in [0.05, 0.1) is 11.3 Å². The lowest BCUT2D eigenvalue weighted by molar-refractivity contribution is -0.137. The third kappa shape index (κ3) is 4.16. The number of aromatic nitrogens is 2. The van der Waals surface area contributed by atoms with Crippen LogP contribution in [0, 0.1) is 0 Å². The van der Waals surface area contributed by atoms with Gasteiger partial charge in [-0.25, -0.2) is 14.8 Å². The van der Waals surface area contributed by atoms with Crippen LogP contribution in [0.5, 0.6) is 0 Å². The minimum absolute atomic E-state index is 0.122. The zero-order valence-corrected chi connectivity index (χ0v) is 17.9. The monoisotopic (exact) mass is 457 g/mol. The number of carbonyl (C=O) groups is 1. The summed E-state index contributed by atoms with van der Waals surface area (Å²) >= 11 is 1.32. The number of nitrogens with zero attached hydrogens (tertiary/aromatic N) is 2. The molecule has 9 heteroatoms. The third-order valence-corrected chi connectivity index (χ3v) is 6.16. The zero-order chi connectivity index (χ0) is 23.0. The molecule has 2 aromatic heterocycles. The highest BCUT2D eigenvalue weighted by molar-refractivity contribution is 7.16. The standard InChI is InChI=1S/C23H18F3N3O2S/c1-12(2)19-18(16-9-5-7-13-6-3-4-8-15(13)16)28-22(32-19)29-20-17(21(30)31)10-14(11-27-20)23(24,25)26/h3-12H,1-2H3,(H,30,31)(H,27,28,29). The second-order valence-electron chi connectivity index (χ2n) is 7.46. The maximum atomic E-state index is 13.0. The van der Waals surface area contributed by atoms with Crippen LogP contribution in [0.15, 0.2) is 54.7 Å². The van der Waals surface area contributed by atoms with Gasteiger partial charge in [-0.05, 0) is 22.8 Å². The van der Waals surface area contributed by atoms with Crippen molar-refractivity contribution >= 4 is 39.0 Å². The number of rotatable bonds is 5. The highest BCUT2D eigenvalue weighted by Crippen LogP contribution is 2.40. The molecule has 0 amide bonds. The first-order chi connectivity index (χ1) is 15.1. The van der Waals surface area contributed by atoms with E-state index < -0.39 is 23.3 Å². The molecule has 164 valence electrons. The molecule has 0 saturated carbocycles. The molecular weight excluding hydrogens is 439 g/mol. The van der Waals surface area contributed by atoms with E-state index >= 15 is 0 Å². The molecule has 2 N–H and O–H groups in total. The van der Waals surface area contributed by atoms with Crippen LogP contribution in [-0.2, 0) is 6.18 Å². The summed E-state index contributed by atoms with van der Waals surface area (Å²) in [6.07, 6.45) is -4.08. The van der Waals surface area contributed by atoms with Crippen LogP contribution in [0.2, 0.25) is 0 Å². The van der Waals surface area contributed by atoms with Crippen molar-refractivity contribution in [2.45, 2.75) is 25.9 Å². The molecule has 5 nitrogen and oxygen atoms in total. The van der Waals surface area contributed by atoms with Gasteiger partial charge in [0.1, 0.15) is 11.4 Å². The Bertz CT molecular complexity index is 1310. The van der Waals surface area contributed by atoms with Crippen molar-refractivity contribution < 1.29 is 23.1 Å². The van der Waals surface area contributed by atoms with E-state index in [-0.39, 0.29) is 11.7 Å². The summed E-state index contributed by atoms with van der Waals surface area (Å²) in [5.41, 5.74) is -0.0326. The lowest BCUT2D eigenvalue weighted by Crippen LogP contribution is -2.11. The first-order valence-electron chi connectivity index (χ1n) is 9.71. The molecule has 0 unspecified atom stereocenters. The van der Waals surface area contributed by atoms with Gasteiger partial charge in [0.15, 0.2) is 5.13 Å². The Balaban J connectivity index is 1.80. The number of nitrogens with one attached hydrogen (secondary N) is 1. The van der Waals surface area contributed by atoms with Gasteiger partial charge < -0.3 is 10.4 Å². The van der Waals surface area contributed by atoms with Gasteiger partial charge in [-0.2, -0.15) is 13.2 Å². The highest BCUT2D eigenvalue weighted by Gasteiger charge is 2.33. The summed E-state index contributed by atoms with van der Waals surface area (Å²) in [6, 6.07) is 14.4. The van der Waals surface area contributed by atoms with E-state index in [2.05, 4.69) is 15.3 Å². The van der Waals surface area contributed by atoms with Crippen molar-refractivity contribution in [1.82, 2.24) is 9.97 Å². The number of carboxylic acids is 1. The van der Waals surface area contributed by atoms with E-state index in [4.69, 9.17) is 0 Å². The maximum absolute atomic E-state index is 13.0. The smallest absolute Gasteiger partial charge is 0.417 e. The fourth-order valence-electron chi connectivity index (χ4n) is 3.39. The number of pyridine rings is 1. The number of anilines is 2. The Morgan fingerprint density at radius 1 is 1.12 bits per heavy atom. The number of halogens is 3. The van der Waals surface area contributed by atoms with Crippen molar-refractivity contribution in [2.75, 3.05) is 5.32 Å². The van der Waals surface area contributed by atoms with Gasteiger partial charge in [-0.1, -0.05) is 56.3 Å². The van der Waals surface area contributed by atoms with E-state index in [1.54, 1.807) is 0 Å². The van der Waals surface area contributed by atoms with Gasteiger partial charge >= 0.3 is 12.1 Å². The number of benzene rings is 2.